The SMILES string of the molecule is Cc1noc(C(N)Cc2cc(C)c3[nH]ncc3c2)n1. The molecule has 3 N–H and O–H groups in total. The maximum absolute atomic E-state index is 6.09. The Hall–Kier alpha value is -2.21. The van der Waals surface area contributed by atoms with Crippen molar-refractivity contribution in [3.8, 4) is 0 Å². The van der Waals surface area contributed by atoms with Crippen LogP contribution in [0.25, 0.3) is 10.9 Å². The Balaban J connectivity index is 1.88. The van der Waals surface area contributed by atoms with Gasteiger partial charge in [0.1, 0.15) is 0 Å². The van der Waals surface area contributed by atoms with Gasteiger partial charge in [0.2, 0.25) is 5.89 Å². The highest BCUT2D eigenvalue weighted by molar-refractivity contribution is 5.81. The van der Waals surface area contributed by atoms with Gasteiger partial charge in [0.05, 0.1) is 17.8 Å². The van der Waals surface area contributed by atoms with Crippen molar-refractivity contribution in [2.75, 3.05) is 0 Å². The fourth-order valence-electron chi connectivity index (χ4n) is 2.24. The summed E-state index contributed by atoms with van der Waals surface area (Å²) < 4.78 is 5.10. The van der Waals surface area contributed by atoms with Crippen molar-refractivity contribution in [1.82, 2.24) is 20.3 Å². The number of hydrogen-bond acceptors (Lipinski definition) is 5. The van der Waals surface area contributed by atoms with E-state index in [-0.39, 0.29) is 6.04 Å². The van der Waals surface area contributed by atoms with Crippen LogP contribution in [-0.4, -0.2) is 20.3 Å². The first kappa shape index (κ1) is 11.9. The summed E-state index contributed by atoms with van der Waals surface area (Å²) in [5.74, 6) is 1.08. The van der Waals surface area contributed by atoms with Gasteiger partial charge < -0.3 is 10.3 Å². The first-order chi connectivity index (χ1) is 9.13. The van der Waals surface area contributed by atoms with Gasteiger partial charge in [-0.05, 0) is 37.5 Å². The summed E-state index contributed by atoms with van der Waals surface area (Å²) in [6, 6.07) is 3.89. The molecule has 1 unspecified atom stereocenters. The minimum Gasteiger partial charge on any atom is -0.338 e. The maximum Gasteiger partial charge on any atom is 0.243 e. The second-order valence-corrected chi connectivity index (χ2v) is 4.74. The number of hydrogen-bond donors (Lipinski definition) is 2. The number of fused-ring (bicyclic) bond motifs is 1. The van der Waals surface area contributed by atoms with E-state index in [2.05, 4.69) is 32.5 Å². The molecule has 0 spiro atoms. The van der Waals surface area contributed by atoms with Gasteiger partial charge in [-0.2, -0.15) is 10.1 Å². The summed E-state index contributed by atoms with van der Waals surface area (Å²) in [6.45, 7) is 3.83. The molecule has 0 fully saturated rings. The fraction of sp³-hybridized carbons (Fsp3) is 0.308. The molecule has 2 heterocycles. The molecule has 3 rings (SSSR count). The normalized spacial score (nSPS) is 13.0. The number of benzene rings is 1. The first-order valence-corrected chi connectivity index (χ1v) is 6.12. The quantitative estimate of drug-likeness (QED) is 0.746. The Morgan fingerprint density at radius 3 is 2.95 bits per heavy atom. The summed E-state index contributed by atoms with van der Waals surface area (Å²) in [5, 5.41) is 11.9. The molecule has 0 amide bonds. The highest BCUT2D eigenvalue weighted by Gasteiger charge is 2.15. The second-order valence-electron chi connectivity index (χ2n) is 4.74. The number of nitrogens with zero attached hydrogens (tertiary/aromatic N) is 3. The average molecular weight is 257 g/mol. The highest BCUT2D eigenvalue weighted by atomic mass is 16.5. The molecular weight excluding hydrogens is 242 g/mol. The average Bonchev–Trinajstić information content (AvgIpc) is 2.97. The van der Waals surface area contributed by atoms with E-state index in [1.807, 2.05) is 13.1 Å². The highest BCUT2D eigenvalue weighted by Crippen LogP contribution is 2.21. The maximum atomic E-state index is 6.09. The molecule has 0 aliphatic heterocycles. The van der Waals surface area contributed by atoms with Crippen LogP contribution in [0, 0.1) is 13.8 Å². The van der Waals surface area contributed by atoms with Crippen molar-refractivity contribution in [3.63, 3.8) is 0 Å². The van der Waals surface area contributed by atoms with Crippen LogP contribution in [0.2, 0.25) is 0 Å². The topological polar surface area (TPSA) is 93.6 Å². The summed E-state index contributed by atoms with van der Waals surface area (Å²) in [4.78, 5) is 4.16. The zero-order valence-corrected chi connectivity index (χ0v) is 10.8. The molecule has 1 aromatic carbocycles. The van der Waals surface area contributed by atoms with Crippen molar-refractivity contribution < 1.29 is 4.52 Å². The van der Waals surface area contributed by atoms with Crippen LogP contribution in [0.1, 0.15) is 28.9 Å². The lowest BCUT2D eigenvalue weighted by Crippen LogP contribution is -2.13. The fourth-order valence-corrected chi connectivity index (χ4v) is 2.24. The van der Waals surface area contributed by atoms with E-state index in [0.717, 1.165) is 22.0 Å². The molecule has 98 valence electrons. The smallest absolute Gasteiger partial charge is 0.243 e. The molecule has 0 aliphatic rings. The van der Waals surface area contributed by atoms with Crippen molar-refractivity contribution in [3.05, 3.63) is 41.2 Å². The molecule has 1 atom stereocenters. The Kier molecular flexibility index (Phi) is 2.79. The lowest BCUT2D eigenvalue weighted by molar-refractivity contribution is 0.351. The van der Waals surface area contributed by atoms with Gasteiger partial charge in [0.15, 0.2) is 5.82 Å². The van der Waals surface area contributed by atoms with E-state index in [1.165, 1.54) is 0 Å². The summed E-state index contributed by atoms with van der Waals surface area (Å²) in [5.41, 5.74) is 9.44. The molecule has 0 aliphatic carbocycles. The molecule has 6 nitrogen and oxygen atoms in total. The summed E-state index contributed by atoms with van der Waals surface area (Å²) in [7, 11) is 0. The van der Waals surface area contributed by atoms with Crippen molar-refractivity contribution in [1.29, 1.82) is 0 Å². The van der Waals surface area contributed by atoms with Crippen molar-refractivity contribution >= 4 is 10.9 Å². The van der Waals surface area contributed by atoms with E-state index in [0.29, 0.717) is 18.1 Å². The number of rotatable bonds is 3. The minimum absolute atomic E-state index is 0.287. The zero-order valence-electron chi connectivity index (χ0n) is 10.8. The Morgan fingerprint density at radius 2 is 2.21 bits per heavy atom. The van der Waals surface area contributed by atoms with Gasteiger partial charge in [0, 0.05) is 5.39 Å². The predicted molar refractivity (Wildman–Crippen MR) is 70.5 cm³/mol. The van der Waals surface area contributed by atoms with Crippen molar-refractivity contribution in [2.45, 2.75) is 26.3 Å². The minimum atomic E-state index is -0.287. The van der Waals surface area contributed by atoms with Gasteiger partial charge in [-0.3, -0.25) is 5.10 Å². The molecule has 6 heteroatoms. The second kappa shape index (κ2) is 4.47. The van der Waals surface area contributed by atoms with E-state index >= 15 is 0 Å². The van der Waals surface area contributed by atoms with E-state index in [9.17, 15) is 0 Å². The number of nitrogens with two attached hydrogens (primary N) is 1. The molecule has 0 bridgehead atoms. The van der Waals surface area contributed by atoms with Crippen molar-refractivity contribution in [2.24, 2.45) is 5.73 Å². The van der Waals surface area contributed by atoms with Gasteiger partial charge in [-0.1, -0.05) is 11.2 Å². The first-order valence-electron chi connectivity index (χ1n) is 6.12. The van der Waals surface area contributed by atoms with Gasteiger partial charge in [-0.15, -0.1) is 0 Å². The molecular formula is C13H15N5O. The van der Waals surface area contributed by atoms with Crippen LogP contribution in [0.15, 0.2) is 22.9 Å². The Bertz CT molecular complexity index is 715. The summed E-state index contributed by atoms with van der Waals surface area (Å²) in [6.07, 6.45) is 2.47. The third kappa shape index (κ3) is 2.22. The number of aromatic amines is 1. The van der Waals surface area contributed by atoms with Crippen LogP contribution in [0.4, 0.5) is 0 Å². The lowest BCUT2D eigenvalue weighted by Gasteiger charge is -2.08. The van der Waals surface area contributed by atoms with Crippen LogP contribution >= 0.6 is 0 Å². The molecule has 3 aromatic rings. The van der Waals surface area contributed by atoms with Gasteiger partial charge in [-0.25, -0.2) is 0 Å². The molecule has 0 saturated heterocycles. The van der Waals surface area contributed by atoms with E-state index < -0.39 is 0 Å². The Labute approximate surface area is 110 Å². The largest absolute Gasteiger partial charge is 0.338 e. The van der Waals surface area contributed by atoms with Gasteiger partial charge >= 0.3 is 0 Å². The monoisotopic (exact) mass is 257 g/mol. The van der Waals surface area contributed by atoms with Crippen LogP contribution in [0.3, 0.4) is 0 Å². The molecule has 2 aromatic heterocycles. The predicted octanol–water partition coefficient (Wildman–Crippen LogP) is 1.81. The standard InChI is InChI=1S/C13H15N5O/c1-7-3-9(4-10-6-15-17-12(7)10)5-11(14)13-16-8(2)18-19-13/h3-4,6,11H,5,14H2,1-2H3,(H,15,17). The third-order valence-corrected chi connectivity index (χ3v) is 3.12. The number of aromatic nitrogens is 4. The van der Waals surface area contributed by atoms with Gasteiger partial charge in [0.25, 0.3) is 0 Å². The van der Waals surface area contributed by atoms with Crippen LogP contribution in [-0.2, 0) is 6.42 Å². The molecule has 0 saturated carbocycles. The Morgan fingerprint density at radius 1 is 1.37 bits per heavy atom. The number of H-pyrrole nitrogens is 1. The van der Waals surface area contributed by atoms with E-state index in [4.69, 9.17) is 10.3 Å². The molecule has 0 radical (unpaired) electrons. The summed E-state index contributed by atoms with van der Waals surface area (Å²) >= 11 is 0. The van der Waals surface area contributed by atoms with Crippen LogP contribution < -0.4 is 5.73 Å². The number of aryl methyl sites for hydroxylation is 2. The van der Waals surface area contributed by atoms with Crippen LogP contribution in [0.5, 0.6) is 0 Å². The zero-order chi connectivity index (χ0) is 13.4. The lowest BCUT2D eigenvalue weighted by atomic mass is 10.0. The molecule has 19 heavy (non-hydrogen) atoms. The van der Waals surface area contributed by atoms with E-state index in [1.54, 1.807) is 6.92 Å². The number of nitrogens with one attached hydrogen (secondary N) is 1. The third-order valence-electron chi connectivity index (χ3n) is 3.12.